The molecule has 1 aliphatic heterocycles. The summed E-state index contributed by atoms with van der Waals surface area (Å²) < 4.78 is 0. The summed E-state index contributed by atoms with van der Waals surface area (Å²) in [5.74, 6) is 1.19. The molecule has 0 aliphatic carbocycles. The molecule has 1 rings (SSSR count). The zero-order valence-electron chi connectivity index (χ0n) is 10.3. The number of nitrogens with one attached hydrogen (secondary N) is 1. The fraction of sp³-hybridized carbons (Fsp3) is 0.917. The summed E-state index contributed by atoms with van der Waals surface area (Å²) in [6.07, 6.45) is 5.28. The van der Waals surface area contributed by atoms with Gasteiger partial charge in [-0.2, -0.15) is 0 Å². The van der Waals surface area contributed by atoms with Gasteiger partial charge >= 0.3 is 0 Å². The van der Waals surface area contributed by atoms with Crippen LogP contribution in [0.5, 0.6) is 0 Å². The third-order valence-electron chi connectivity index (χ3n) is 2.56. The fourth-order valence-electron chi connectivity index (χ4n) is 1.49. The first kappa shape index (κ1) is 12.9. The maximum absolute atomic E-state index is 4.57. The lowest BCUT2D eigenvalue weighted by Crippen LogP contribution is -2.31. The van der Waals surface area contributed by atoms with Crippen molar-refractivity contribution in [1.82, 2.24) is 5.32 Å². The molecule has 0 bridgehead atoms. The van der Waals surface area contributed by atoms with Gasteiger partial charge in [-0.15, -0.1) is 0 Å². The Hall–Kier alpha value is -0.180. The SMILES string of the molecule is CCCCCCNC1=NCC(C)(C)CS1. The van der Waals surface area contributed by atoms with E-state index in [-0.39, 0.29) is 0 Å². The summed E-state index contributed by atoms with van der Waals surface area (Å²) in [5, 5.41) is 4.59. The lowest BCUT2D eigenvalue weighted by Gasteiger charge is -2.27. The molecule has 0 aromatic heterocycles. The lowest BCUT2D eigenvalue weighted by atomic mass is 9.97. The van der Waals surface area contributed by atoms with E-state index in [0.717, 1.165) is 18.3 Å². The van der Waals surface area contributed by atoms with Crippen LogP contribution in [0, 0.1) is 5.41 Å². The molecule has 0 radical (unpaired) electrons. The van der Waals surface area contributed by atoms with Crippen molar-refractivity contribution in [3.05, 3.63) is 0 Å². The smallest absolute Gasteiger partial charge is 0.156 e. The van der Waals surface area contributed by atoms with Crippen molar-refractivity contribution in [1.29, 1.82) is 0 Å². The second-order valence-corrected chi connectivity index (χ2v) is 6.03. The van der Waals surface area contributed by atoms with Gasteiger partial charge < -0.3 is 5.32 Å². The van der Waals surface area contributed by atoms with Crippen molar-refractivity contribution in [3.63, 3.8) is 0 Å². The summed E-state index contributed by atoms with van der Waals surface area (Å²) in [6, 6.07) is 0. The Balaban J connectivity index is 2.10. The number of hydrogen-bond donors (Lipinski definition) is 1. The van der Waals surface area contributed by atoms with E-state index in [4.69, 9.17) is 0 Å². The van der Waals surface area contributed by atoms with E-state index < -0.39 is 0 Å². The van der Waals surface area contributed by atoms with Crippen molar-refractivity contribution in [3.8, 4) is 0 Å². The Labute approximate surface area is 98.3 Å². The minimum absolute atomic E-state index is 0.387. The third-order valence-corrected chi connectivity index (χ3v) is 4.03. The molecule has 0 spiro atoms. The van der Waals surface area contributed by atoms with Gasteiger partial charge in [-0.25, -0.2) is 0 Å². The van der Waals surface area contributed by atoms with Gasteiger partial charge in [0.15, 0.2) is 5.17 Å². The molecule has 0 aromatic rings. The summed E-state index contributed by atoms with van der Waals surface area (Å²) in [6.45, 7) is 8.86. The number of thioether (sulfide) groups is 1. The maximum Gasteiger partial charge on any atom is 0.156 e. The molecule has 0 aromatic carbocycles. The van der Waals surface area contributed by atoms with Crippen molar-refractivity contribution < 1.29 is 0 Å². The van der Waals surface area contributed by atoms with E-state index in [1.165, 1.54) is 31.4 Å². The van der Waals surface area contributed by atoms with Crippen molar-refractivity contribution in [2.75, 3.05) is 18.8 Å². The summed E-state index contributed by atoms with van der Waals surface area (Å²) in [4.78, 5) is 4.57. The molecule has 0 saturated heterocycles. The van der Waals surface area contributed by atoms with Crippen LogP contribution in [0.1, 0.15) is 46.5 Å². The molecular formula is C12H24N2S. The molecule has 15 heavy (non-hydrogen) atoms. The number of aliphatic imine (C=N–C) groups is 1. The zero-order valence-corrected chi connectivity index (χ0v) is 11.1. The second-order valence-electron chi connectivity index (χ2n) is 5.06. The first-order valence-electron chi connectivity index (χ1n) is 6.05. The molecule has 0 fully saturated rings. The highest BCUT2D eigenvalue weighted by Crippen LogP contribution is 2.26. The average Bonchev–Trinajstić information content (AvgIpc) is 2.20. The lowest BCUT2D eigenvalue weighted by molar-refractivity contribution is 0.436. The normalized spacial score (nSPS) is 19.8. The van der Waals surface area contributed by atoms with Crippen LogP contribution < -0.4 is 5.32 Å². The van der Waals surface area contributed by atoms with Gasteiger partial charge in [0.25, 0.3) is 0 Å². The monoisotopic (exact) mass is 228 g/mol. The summed E-state index contributed by atoms with van der Waals surface area (Å²) in [5.41, 5.74) is 0.387. The largest absolute Gasteiger partial charge is 0.365 e. The Morgan fingerprint density at radius 2 is 2.13 bits per heavy atom. The molecule has 0 atom stereocenters. The number of nitrogens with zero attached hydrogens (tertiary/aromatic N) is 1. The molecule has 0 saturated carbocycles. The first-order valence-corrected chi connectivity index (χ1v) is 7.04. The number of rotatable bonds is 5. The second kappa shape index (κ2) is 6.41. The van der Waals surface area contributed by atoms with E-state index in [1.54, 1.807) is 0 Å². The highest BCUT2D eigenvalue weighted by molar-refractivity contribution is 8.13. The number of hydrogen-bond acceptors (Lipinski definition) is 3. The van der Waals surface area contributed by atoms with Crippen molar-refractivity contribution in [2.24, 2.45) is 10.4 Å². The van der Waals surface area contributed by atoms with Crippen LogP contribution in [0.15, 0.2) is 4.99 Å². The van der Waals surface area contributed by atoms with E-state index in [2.05, 4.69) is 31.1 Å². The molecular weight excluding hydrogens is 204 g/mol. The molecule has 88 valence electrons. The van der Waals surface area contributed by atoms with Crippen molar-refractivity contribution >= 4 is 16.9 Å². The van der Waals surface area contributed by atoms with Gasteiger partial charge in [0.2, 0.25) is 0 Å². The predicted octanol–water partition coefficient (Wildman–Crippen LogP) is 3.29. The van der Waals surface area contributed by atoms with E-state index in [1.807, 2.05) is 11.8 Å². The average molecular weight is 228 g/mol. The number of amidine groups is 1. The minimum atomic E-state index is 0.387. The molecule has 3 heteroatoms. The van der Waals surface area contributed by atoms with Crippen LogP contribution in [-0.2, 0) is 0 Å². The first-order chi connectivity index (χ1) is 7.14. The van der Waals surface area contributed by atoms with E-state index in [0.29, 0.717) is 5.41 Å². The van der Waals surface area contributed by atoms with Crippen LogP contribution in [0.4, 0.5) is 0 Å². The van der Waals surface area contributed by atoms with E-state index in [9.17, 15) is 0 Å². The molecule has 1 aliphatic rings. The Kier molecular flexibility index (Phi) is 5.51. The molecule has 2 nitrogen and oxygen atoms in total. The van der Waals surface area contributed by atoms with Gasteiger partial charge in [-0.05, 0) is 11.8 Å². The Bertz CT molecular complexity index is 212. The Morgan fingerprint density at radius 1 is 1.33 bits per heavy atom. The minimum Gasteiger partial charge on any atom is -0.365 e. The Morgan fingerprint density at radius 3 is 2.73 bits per heavy atom. The standard InChI is InChI=1S/C12H24N2S/c1-4-5-6-7-8-13-11-14-9-12(2,3)10-15-11/h4-10H2,1-3H3,(H,13,14). The van der Waals surface area contributed by atoms with Crippen LogP contribution in [-0.4, -0.2) is 24.0 Å². The topological polar surface area (TPSA) is 24.4 Å². The van der Waals surface area contributed by atoms with Gasteiger partial charge in [-0.1, -0.05) is 51.8 Å². The highest BCUT2D eigenvalue weighted by Gasteiger charge is 2.22. The van der Waals surface area contributed by atoms with Crippen LogP contribution in [0.25, 0.3) is 0 Å². The predicted molar refractivity (Wildman–Crippen MR) is 70.7 cm³/mol. The molecule has 1 N–H and O–H groups in total. The maximum atomic E-state index is 4.57. The van der Waals surface area contributed by atoms with Gasteiger partial charge in [0.05, 0.1) is 0 Å². The van der Waals surface area contributed by atoms with Crippen LogP contribution >= 0.6 is 11.8 Å². The summed E-state index contributed by atoms with van der Waals surface area (Å²) in [7, 11) is 0. The quantitative estimate of drug-likeness (QED) is 0.730. The zero-order chi connectivity index (χ0) is 11.1. The third kappa shape index (κ3) is 5.45. The molecule has 0 unspecified atom stereocenters. The van der Waals surface area contributed by atoms with Gasteiger partial charge in [0.1, 0.15) is 0 Å². The van der Waals surface area contributed by atoms with Crippen molar-refractivity contribution in [2.45, 2.75) is 46.5 Å². The number of unbranched alkanes of at least 4 members (excludes halogenated alkanes) is 3. The fourth-order valence-corrected chi connectivity index (χ4v) is 2.47. The van der Waals surface area contributed by atoms with Crippen LogP contribution in [0.3, 0.4) is 0 Å². The summed E-state index contributed by atoms with van der Waals surface area (Å²) >= 11 is 1.87. The van der Waals surface area contributed by atoms with Gasteiger partial charge in [0, 0.05) is 18.8 Å². The highest BCUT2D eigenvalue weighted by atomic mass is 32.2. The molecule has 1 heterocycles. The van der Waals surface area contributed by atoms with Gasteiger partial charge in [-0.3, -0.25) is 4.99 Å². The van der Waals surface area contributed by atoms with Crippen LogP contribution in [0.2, 0.25) is 0 Å². The molecule has 0 amide bonds. The van der Waals surface area contributed by atoms with E-state index >= 15 is 0 Å².